The Labute approximate surface area is 196 Å². The van der Waals surface area contributed by atoms with Crippen LogP contribution in [0.5, 0.6) is 0 Å². The van der Waals surface area contributed by atoms with Crippen LogP contribution in [0.2, 0.25) is 0 Å². The van der Waals surface area contributed by atoms with Crippen LogP contribution in [0.3, 0.4) is 0 Å². The van der Waals surface area contributed by atoms with Crippen molar-refractivity contribution < 1.29 is 14.0 Å². The molecule has 1 aliphatic heterocycles. The second-order valence-electron chi connectivity index (χ2n) is 8.38. The fourth-order valence-electron chi connectivity index (χ4n) is 4.38. The fourth-order valence-corrected chi connectivity index (χ4v) is 4.38. The van der Waals surface area contributed by atoms with Crippen LogP contribution < -0.4 is 5.73 Å². The molecule has 9 nitrogen and oxygen atoms in total. The molecule has 172 valence electrons. The van der Waals surface area contributed by atoms with Crippen LogP contribution in [0.4, 0.5) is 0 Å². The molecule has 9 heteroatoms. The lowest BCUT2D eigenvalue weighted by atomic mass is 9.92. The molecule has 2 atom stereocenters. The minimum absolute atomic E-state index is 0.0292. The van der Waals surface area contributed by atoms with Crippen molar-refractivity contribution in [3.63, 3.8) is 0 Å². The molecule has 5 rings (SSSR count). The minimum atomic E-state index is -0.647. The average Bonchev–Trinajstić information content (AvgIpc) is 3.55. The van der Waals surface area contributed by atoms with E-state index in [4.69, 9.17) is 10.2 Å². The van der Waals surface area contributed by atoms with E-state index >= 15 is 0 Å². The highest BCUT2D eigenvalue weighted by atomic mass is 16.4. The summed E-state index contributed by atoms with van der Waals surface area (Å²) >= 11 is 0. The summed E-state index contributed by atoms with van der Waals surface area (Å²) in [5.41, 5.74) is 7.56. The Morgan fingerprint density at radius 2 is 1.71 bits per heavy atom. The Hall–Kier alpha value is -4.27. The molecule has 0 radical (unpaired) electrons. The van der Waals surface area contributed by atoms with Crippen molar-refractivity contribution in [1.82, 2.24) is 24.9 Å². The summed E-state index contributed by atoms with van der Waals surface area (Å²) in [5.74, 6) is -0.151. The van der Waals surface area contributed by atoms with Crippen LogP contribution in [0.25, 0.3) is 17.0 Å². The Kier molecular flexibility index (Phi) is 5.67. The summed E-state index contributed by atoms with van der Waals surface area (Å²) in [6.07, 6.45) is 4.70. The number of likely N-dealkylation sites (tertiary alicyclic amines) is 1. The topological polar surface area (TPSA) is 120 Å². The number of aromatic nitrogens is 4. The van der Waals surface area contributed by atoms with Crippen LogP contribution in [-0.4, -0.2) is 49.3 Å². The third-order valence-electron chi connectivity index (χ3n) is 6.17. The molecule has 0 saturated carbocycles. The van der Waals surface area contributed by atoms with Crippen molar-refractivity contribution in [2.45, 2.75) is 31.7 Å². The van der Waals surface area contributed by atoms with Gasteiger partial charge in [0.15, 0.2) is 11.5 Å². The number of carbonyl (C=O) groups is 2. The number of oxazole rings is 1. The molecule has 1 unspecified atom stereocenters. The van der Waals surface area contributed by atoms with E-state index in [2.05, 4.69) is 15.2 Å². The zero-order chi connectivity index (χ0) is 23.7. The molecule has 1 saturated heterocycles. The molecule has 2 amide bonds. The van der Waals surface area contributed by atoms with Gasteiger partial charge in [0, 0.05) is 18.2 Å². The number of hydrogen-bond donors (Lipinski definition) is 1. The maximum Gasteiger partial charge on any atom is 0.271 e. The molecule has 34 heavy (non-hydrogen) atoms. The van der Waals surface area contributed by atoms with E-state index in [0.717, 1.165) is 18.4 Å². The van der Waals surface area contributed by atoms with Gasteiger partial charge >= 0.3 is 0 Å². The lowest BCUT2D eigenvalue weighted by Gasteiger charge is -2.37. The van der Waals surface area contributed by atoms with Gasteiger partial charge < -0.3 is 15.1 Å². The molecular formula is C25H24N6O3. The van der Waals surface area contributed by atoms with E-state index in [1.54, 1.807) is 18.5 Å². The number of carbonyl (C=O) groups excluding carboxylic acids is 2. The molecule has 0 spiro atoms. The third-order valence-corrected chi connectivity index (χ3v) is 6.17. The lowest BCUT2D eigenvalue weighted by molar-refractivity contribution is 0.0596. The van der Waals surface area contributed by atoms with Gasteiger partial charge in [-0.25, -0.2) is 4.98 Å². The SMILES string of the molecule is C[C@@H]1CCC(c2nc(C(N)=O)c(-c3ccccc3)o2)CN1C(=O)c1ccccc1-n1nccn1. The normalized spacial score (nSPS) is 18.1. The van der Waals surface area contributed by atoms with Gasteiger partial charge in [-0.05, 0) is 31.9 Å². The van der Waals surface area contributed by atoms with Crippen LogP contribution >= 0.6 is 0 Å². The van der Waals surface area contributed by atoms with Crippen molar-refractivity contribution in [3.8, 4) is 17.0 Å². The van der Waals surface area contributed by atoms with Crippen LogP contribution in [0.15, 0.2) is 71.4 Å². The van der Waals surface area contributed by atoms with E-state index in [-0.39, 0.29) is 23.6 Å². The number of nitrogens with zero attached hydrogens (tertiary/aromatic N) is 5. The Bertz CT molecular complexity index is 1320. The fraction of sp³-hybridized carbons (Fsp3) is 0.240. The summed E-state index contributed by atoms with van der Waals surface area (Å²) in [4.78, 5) is 33.4. The van der Waals surface area contributed by atoms with Crippen LogP contribution in [0.1, 0.15) is 52.4 Å². The predicted molar refractivity (Wildman–Crippen MR) is 124 cm³/mol. The minimum Gasteiger partial charge on any atom is -0.439 e. The second kappa shape index (κ2) is 8.93. The summed E-state index contributed by atoms with van der Waals surface area (Å²) < 4.78 is 6.08. The van der Waals surface area contributed by atoms with Crippen molar-refractivity contribution in [2.75, 3.05) is 6.54 Å². The number of rotatable bonds is 5. The van der Waals surface area contributed by atoms with Gasteiger partial charge in [-0.1, -0.05) is 42.5 Å². The molecule has 0 bridgehead atoms. The number of para-hydroxylation sites is 1. The van der Waals surface area contributed by atoms with Gasteiger partial charge in [0.25, 0.3) is 11.8 Å². The van der Waals surface area contributed by atoms with E-state index in [1.807, 2.05) is 60.4 Å². The first-order valence-electron chi connectivity index (χ1n) is 11.2. The molecule has 2 aromatic heterocycles. The Morgan fingerprint density at radius 3 is 2.44 bits per heavy atom. The quantitative estimate of drug-likeness (QED) is 0.491. The van der Waals surface area contributed by atoms with Crippen molar-refractivity contribution in [2.24, 2.45) is 5.73 Å². The number of amides is 2. The van der Waals surface area contributed by atoms with E-state index in [1.165, 1.54) is 4.80 Å². The summed E-state index contributed by atoms with van der Waals surface area (Å²) in [5, 5.41) is 8.36. The molecule has 2 N–H and O–H groups in total. The number of benzene rings is 2. The Balaban J connectivity index is 1.46. The molecule has 1 aliphatic rings. The molecule has 4 aromatic rings. The van der Waals surface area contributed by atoms with Gasteiger partial charge in [0.1, 0.15) is 0 Å². The summed E-state index contributed by atoms with van der Waals surface area (Å²) in [7, 11) is 0. The smallest absolute Gasteiger partial charge is 0.271 e. The first-order valence-corrected chi connectivity index (χ1v) is 11.2. The zero-order valence-corrected chi connectivity index (χ0v) is 18.7. The van der Waals surface area contributed by atoms with Crippen LogP contribution in [0, 0.1) is 0 Å². The van der Waals surface area contributed by atoms with Gasteiger partial charge in [-0.3, -0.25) is 9.59 Å². The molecular weight excluding hydrogens is 432 g/mol. The van der Waals surface area contributed by atoms with Crippen LogP contribution in [-0.2, 0) is 0 Å². The monoisotopic (exact) mass is 456 g/mol. The maximum atomic E-state index is 13.6. The maximum absolute atomic E-state index is 13.6. The summed E-state index contributed by atoms with van der Waals surface area (Å²) in [6.45, 7) is 2.44. The lowest BCUT2D eigenvalue weighted by Crippen LogP contribution is -2.45. The highest BCUT2D eigenvalue weighted by Gasteiger charge is 2.35. The first kappa shape index (κ1) is 21.6. The van der Waals surface area contributed by atoms with E-state index < -0.39 is 5.91 Å². The average molecular weight is 457 g/mol. The second-order valence-corrected chi connectivity index (χ2v) is 8.38. The van der Waals surface area contributed by atoms with Crippen molar-refractivity contribution >= 4 is 11.8 Å². The Morgan fingerprint density at radius 1 is 1.00 bits per heavy atom. The largest absolute Gasteiger partial charge is 0.439 e. The molecule has 2 aromatic carbocycles. The van der Waals surface area contributed by atoms with Gasteiger partial charge in [-0.2, -0.15) is 15.0 Å². The van der Waals surface area contributed by atoms with Crippen molar-refractivity contribution in [1.29, 1.82) is 0 Å². The summed E-state index contributed by atoms with van der Waals surface area (Å²) in [6, 6.07) is 16.6. The van der Waals surface area contributed by atoms with Gasteiger partial charge in [0.2, 0.25) is 5.89 Å². The molecule has 3 heterocycles. The van der Waals surface area contributed by atoms with Gasteiger partial charge in [-0.15, -0.1) is 0 Å². The zero-order valence-electron chi connectivity index (χ0n) is 18.7. The molecule has 1 fully saturated rings. The highest BCUT2D eigenvalue weighted by molar-refractivity contribution is 5.98. The first-order chi connectivity index (χ1) is 16.5. The van der Waals surface area contributed by atoms with E-state index in [0.29, 0.717) is 29.4 Å². The number of primary amides is 1. The van der Waals surface area contributed by atoms with Gasteiger partial charge in [0.05, 0.1) is 29.6 Å². The third kappa shape index (κ3) is 3.96. The van der Waals surface area contributed by atoms with E-state index in [9.17, 15) is 9.59 Å². The number of hydrogen-bond acceptors (Lipinski definition) is 6. The number of nitrogens with two attached hydrogens (primary N) is 1. The standard InChI is InChI=1S/C25H24N6O3/c1-16-11-12-18(24-29-21(23(26)32)22(34-24)17-7-3-2-4-8-17)15-30(16)25(33)19-9-5-6-10-20(19)31-27-13-14-28-31/h2-10,13-14,16,18H,11-12,15H2,1H3,(H2,26,32)/t16-,18?/m1/s1. The number of piperidine rings is 1. The predicted octanol–water partition coefficient (Wildman–Crippen LogP) is 3.43. The highest BCUT2D eigenvalue weighted by Crippen LogP contribution is 2.34. The van der Waals surface area contributed by atoms with Crippen molar-refractivity contribution in [3.05, 3.63) is 84.1 Å². The molecule has 0 aliphatic carbocycles.